The lowest BCUT2D eigenvalue weighted by Gasteiger charge is -2.23. The third-order valence-corrected chi connectivity index (χ3v) is 7.09. The molecule has 0 radical (unpaired) electrons. The fraction of sp³-hybridized carbons (Fsp3) is 0.250. The summed E-state index contributed by atoms with van der Waals surface area (Å²) in [5, 5.41) is 1.90. The number of amides is 1. The number of aromatic nitrogens is 1. The molecule has 1 amide bonds. The lowest BCUT2D eigenvalue weighted by molar-refractivity contribution is -0.139. The van der Waals surface area contributed by atoms with Gasteiger partial charge in [-0.3, -0.25) is 14.2 Å². The van der Waals surface area contributed by atoms with Crippen molar-refractivity contribution in [3.8, 4) is 11.5 Å². The number of benzene rings is 1. The minimum absolute atomic E-state index is 0.220. The maximum absolute atomic E-state index is 13.6. The van der Waals surface area contributed by atoms with Crippen LogP contribution in [0.4, 0.5) is 0 Å². The topological polar surface area (TPSA) is 122 Å². The van der Waals surface area contributed by atoms with Crippen molar-refractivity contribution in [2.24, 2.45) is 10.7 Å². The molecule has 1 atom stereocenters. The lowest BCUT2D eigenvalue weighted by Crippen LogP contribution is -2.39. The van der Waals surface area contributed by atoms with Gasteiger partial charge in [-0.2, -0.15) is 0 Å². The largest absolute Gasteiger partial charge is 0.493 e. The standard InChI is InChI=1S/C24H23N3O6S2/c1-4-32-23(30)20-13(2)26-24-27(21(20)17-6-5-9-34-17)22(29)18(35-24)11-14-7-8-15(16(10-14)31-3)33-12-19(25)28/h5-11,21H,4,12H2,1-3H3,(H2,25,28)/b18-11+. The molecule has 0 spiro atoms. The summed E-state index contributed by atoms with van der Waals surface area (Å²) in [5.74, 6) is -0.338. The summed E-state index contributed by atoms with van der Waals surface area (Å²) in [7, 11) is 1.48. The number of hydrogen-bond acceptors (Lipinski definition) is 9. The highest BCUT2D eigenvalue weighted by Crippen LogP contribution is 2.33. The Balaban J connectivity index is 1.82. The second-order valence-corrected chi connectivity index (χ2v) is 9.47. The van der Waals surface area contributed by atoms with E-state index in [9.17, 15) is 14.4 Å². The third kappa shape index (κ3) is 4.91. The Hall–Kier alpha value is -3.70. The van der Waals surface area contributed by atoms with Gasteiger partial charge < -0.3 is 19.9 Å². The van der Waals surface area contributed by atoms with Gasteiger partial charge in [-0.05, 0) is 49.1 Å². The first-order valence-corrected chi connectivity index (χ1v) is 12.4. The van der Waals surface area contributed by atoms with Crippen molar-refractivity contribution >= 4 is 40.6 Å². The highest BCUT2D eigenvalue weighted by atomic mass is 32.1. The van der Waals surface area contributed by atoms with E-state index in [1.165, 1.54) is 29.8 Å². The Kier molecular flexibility index (Phi) is 7.17. The van der Waals surface area contributed by atoms with Gasteiger partial charge >= 0.3 is 5.97 Å². The number of thiophene rings is 1. The van der Waals surface area contributed by atoms with Gasteiger partial charge in [-0.15, -0.1) is 11.3 Å². The second-order valence-electron chi connectivity index (χ2n) is 7.48. The number of methoxy groups -OCH3 is 1. The van der Waals surface area contributed by atoms with Crippen LogP contribution in [-0.2, 0) is 14.3 Å². The number of esters is 1. The molecule has 3 aromatic rings. The number of fused-ring (bicyclic) bond motifs is 1. The molecule has 0 fully saturated rings. The number of allylic oxidation sites excluding steroid dienone is 1. The van der Waals surface area contributed by atoms with Gasteiger partial charge in [0.25, 0.3) is 11.5 Å². The van der Waals surface area contributed by atoms with Gasteiger partial charge in [-0.1, -0.05) is 23.5 Å². The van der Waals surface area contributed by atoms with Gasteiger partial charge in [0.05, 0.1) is 29.5 Å². The van der Waals surface area contributed by atoms with Crippen molar-refractivity contribution < 1.29 is 23.8 Å². The van der Waals surface area contributed by atoms with Crippen molar-refractivity contribution in [1.29, 1.82) is 0 Å². The zero-order valence-corrected chi connectivity index (χ0v) is 20.9. The first-order valence-electron chi connectivity index (χ1n) is 10.7. The van der Waals surface area contributed by atoms with Crippen LogP contribution in [0.25, 0.3) is 6.08 Å². The van der Waals surface area contributed by atoms with E-state index in [0.29, 0.717) is 37.7 Å². The number of thiazole rings is 1. The fourth-order valence-corrected chi connectivity index (χ4v) is 5.57. The summed E-state index contributed by atoms with van der Waals surface area (Å²) < 4.78 is 18.0. The normalized spacial score (nSPS) is 15.4. The van der Waals surface area contributed by atoms with Crippen molar-refractivity contribution in [1.82, 2.24) is 4.57 Å². The van der Waals surface area contributed by atoms with Gasteiger partial charge in [0.2, 0.25) is 0 Å². The van der Waals surface area contributed by atoms with E-state index in [1.807, 2.05) is 17.5 Å². The molecule has 0 saturated carbocycles. The van der Waals surface area contributed by atoms with Gasteiger partial charge in [0.1, 0.15) is 6.04 Å². The van der Waals surface area contributed by atoms with Crippen LogP contribution in [-0.4, -0.2) is 36.8 Å². The number of carbonyl (C=O) groups excluding carboxylic acids is 2. The molecule has 9 nitrogen and oxygen atoms in total. The average Bonchev–Trinajstić information content (AvgIpc) is 3.46. The number of hydrogen-bond donors (Lipinski definition) is 1. The number of carbonyl (C=O) groups is 2. The van der Waals surface area contributed by atoms with Crippen molar-refractivity contribution in [3.63, 3.8) is 0 Å². The molecule has 1 unspecified atom stereocenters. The van der Waals surface area contributed by atoms with E-state index >= 15 is 0 Å². The predicted molar refractivity (Wildman–Crippen MR) is 132 cm³/mol. The first kappa shape index (κ1) is 24.4. The monoisotopic (exact) mass is 513 g/mol. The number of rotatable bonds is 8. The zero-order chi connectivity index (χ0) is 25.1. The minimum atomic E-state index is -0.619. The van der Waals surface area contributed by atoms with Crippen LogP contribution in [0.5, 0.6) is 11.5 Å². The van der Waals surface area contributed by atoms with Crippen LogP contribution in [0.3, 0.4) is 0 Å². The number of nitrogens with zero attached hydrogens (tertiary/aromatic N) is 2. The van der Waals surface area contributed by atoms with Crippen LogP contribution in [0.2, 0.25) is 0 Å². The van der Waals surface area contributed by atoms with E-state index in [0.717, 1.165) is 4.88 Å². The van der Waals surface area contributed by atoms with Crippen LogP contribution in [0.15, 0.2) is 56.8 Å². The van der Waals surface area contributed by atoms with Crippen LogP contribution in [0, 0.1) is 0 Å². The SMILES string of the molecule is CCOC(=O)C1=C(C)N=c2s/c(=C/c3ccc(OCC(N)=O)c(OC)c3)c(=O)n2C1c1cccs1. The lowest BCUT2D eigenvalue weighted by atomic mass is 10.0. The first-order chi connectivity index (χ1) is 16.8. The molecule has 35 heavy (non-hydrogen) atoms. The maximum atomic E-state index is 13.6. The molecule has 1 aliphatic rings. The highest BCUT2D eigenvalue weighted by Gasteiger charge is 2.33. The summed E-state index contributed by atoms with van der Waals surface area (Å²) in [6.45, 7) is 3.43. The number of primary amides is 1. The fourth-order valence-electron chi connectivity index (χ4n) is 3.70. The Bertz CT molecular complexity index is 1480. The Morgan fingerprint density at radius 3 is 2.71 bits per heavy atom. The maximum Gasteiger partial charge on any atom is 0.338 e. The molecule has 0 bridgehead atoms. The van der Waals surface area contributed by atoms with E-state index in [2.05, 4.69) is 4.99 Å². The Labute approximate surface area is 208 Å². The summed E-state index contributed by atoms with van der Waals surface area (Å²) in [6, 6.07) is 8.22. The number of nitrogens with two attached hydrogens (primary N) is 1. The van der Waals surface area contributed by atoms with E-state index in [4.69, 9.17) is 19.9 Å². The Morgan fingerprint density at radius 2 is 2.06 bits per heavy atom. The van der Waals surface area contributed by atoms with Crippen molar-refractivity contribution in [3.05, 3.63) is 77.1 Å². The van der Waals surface area contributed by atoms with Crippen LogP contribution < -0.4 is 30.1 Å². The molecule has 0 aliphatic carbocycles. The quantitative estimate of drug-likeness (QED) is 0.458. The van der Waals surface area contributed by atoms with E-state index in [-0.39, 0.29) is 18.8 Å². The molecule has 2 N–H and O–H groups in total. The molecular weight excluding hydrogens is 490 g/mol. The van der Waals surface area contributed by atoms with E-state index < -0.39 is 17.9 Å². The predicted octanol–water partition coefficient (Wildman–Crippen LogP) is 1.73. The zero-order valence-electron chi connectivity index (χ0n) is 19.3. The minimum Gasteiger partial charge on any atom is -0.493 e. The van der Waals surface area contributed by atoms with Crippen LogP contribution >= 0.6 is 22.7 Å². The average molecular weight is 514 g/mol. The summed E-state index contributed by atoms with van der Waals surface area (Å²) in [4.78, 5) is 43.3. The van der Waals surface area contributed by atoms with Crippen molar-refractivity contribution in [2.75, 3.05) is 20.3 Å². The molecule has 2 aromatic heterocycles. The van der Waals surface area contributed by atoms with Gasteiger partial charge in [0.15, 0.2) is 22.9 Å². The smallest absolute Gasteiger partial charge is 0.338 e. The van der Waals surface area contributed by atoms with Gasteiger partial charge in [-0.25, -0.2) is 9.79 Å². The molecule has 3 heterocycles. The summed E-state index contributed by atoms with van der Waals surface area (Å²) in [5.41, 5.74) is 6.43. The number of ether oxygens (including phenoxy) is 3. The Morgan fingerprint density at radius 1 is 1.26 bits per heavy atom. The summed E-state index contributed by atoms with van der Waals surface area (Å²) >= 11 is 2.69. The highest BCUT2D eigenvalue weighted by molar-refractivity contribution is 7.10. The third-order valence-electron chi connectivity index (χ3n) is 5.19. The van der Waals surface area contributed by atoms with Crippen LogP contribution in [0.1, 0.15) is 30.3 Å². The molecule has 1 aliphatic heterocycles. The molecule has 11 heteroatoms. The molecule has 182 valence electrons. The van der Waals surface area contributed by atoms with E-state index in [1.54, 1.807) is 42.7 Å². The molecule has 0 saturated heterocycles. The summed E-state index contributed by atoms with van der Waals surface area (Å²) in [6.07, 6.45) is 1.72. The molecular formula is C24H23N3O6S2. The molecule has 1 aromatic carbocycles. The molecule has 4 rings (SSSR count). The second kappa shape index (κ2) is 10.3. The van der Waals surface area contributed by atoms with Gasteiger partial charge in [0, 0.05) is 4.88 Å². The van der Waals surface area contributed by atoms with Crippen molar-refractivity contribution in [2.45, 2.75) is 19.9 Å².